The van der Waals surface area contributed by atoms with Crippen molar-refractivity contribution in [3.63, 3.8) is 0 Å². The zero-order valence-corrected chi connectivity index (χ0v) is 3.73. The van der Waals surface area contributed by atoms with Crippen molar-refractivity contribution in [2.75, 3.05) is 0 Å². The van der Waals surface area contributed by atoms with Gasteiger partial charge in [0, 0.05) is 0 Å². The fraction of sp³-hybridized carbons (Fsp3) is 0. The van der Waals surface area contributed by atoms with E-state index in [2.05, 4.69) is 0 Å². The fourth-order valence-electron chi connectivity index (χ4n) is 0. The summed E-state index contributed by atoms with van der Waals surface area (Å²) in [5.74, 6) is 0. The normalized spacial score (nSPS) is 2.00. The van der Waals surface area contributed by atoms with Gasteiger partial charge in [-0.05, 0) is 0 Å². The second-order valence-electron chi connectivity index (χ2n) is 0. The Balaban J connectivity index is -0.0000000133. The molecule has 0 N–H and O–H groups in total. The third-order valence-corrected chi connectivity index (χ3v) is 0. The number of hydrogen-bond acceptors (Lipinski definition) is 2. The van der Waals surface area contributed by atoms with E-state index in [-0.39, 0.29) is 29.6 Å². The van der Waals surface area contributed by atoms with Crippen molar-refractivity contribution >= 4 is 29.6 Å². The second-order valence-corrected chi connectivity index (χ2v) is 0. The molecule has 0 spiro atoms. The van der Waals surface area contributed by atoms with Crippen molar-refractivity contribution in [2.45, 2.75) is 0 Å². The molecule has 0 aliphatic rings. The third kappa shape index (κ3) is 27.8. The maximum atomic E-state index is 8.00. The van der Waals surface area contributed by atoms with E-state index < -0.39 is 0 Å². The Labute approximate surface area is 68.4 Å². The molecular formula is HFe2NaO2. The predicted octanol–water partition coefficient (Wildman–Crippen LogP) is -0.891. The zero-order chi connectivity index (χ0) is 4.00. The van der Waals surface area contributed by atoms with Crippen molar-refractivity contribution in [1.29, 1.82) is 0 Å². The van der Waals surface area contributed by atoms with Gasteiger partial charge in [-0.25, -0.2) is 0 Å². The van der Waals surface area contributed by atoms with Crippen LogP contribution in [0.5, 0.6) is 0 Å². The van der Waals surface area contributed by atoms with Gasteiger partial charge in [0.2, 0.25) is 0 Å². The monoisotopic (exact) mass is 168 g/mol. The molecule has 5 heavy (non-hydrogen) atoms. The van der Waals surface area contributed by atoms with E-state index in [4.69, 9.17) is 7.67 Å². The average Bonchev–Trinajstić information content (AvgIpc) is 1.50. The maximum absolute atomic E-state index is 8.00. The first-order chi connectivity index (χ1) is 2.00. The first kappa shape index (κ1) is 15.9. The van der Waals surface area contributed by atoms with E-state index >= 15 is 0 Å². The Morgan fingerprint density at radius 2 is 0.800 bits per heavy atom. The Bertz CT molecular complexity index is 9.61. The topological polar surface area (TPSA) is 34.1 Å². The van der Waals surface area contributed by atoms with Crippen LogP contribution in [0.4, 0.5) is 0 Å². The summed E-state index contributed by atoms with van der Waals surface area (Å²) in [7, 11) is 0. The summed E-state index contributed by atoms with van der Waals surface area (Å²) in [6.07, 6.45) is 0. The molecule has 0 rings (SSSR count). The molecule has 0 aliphatic heterocycles. The van der Waals surface area contributed by atoms with Gasteiger partial charge in [0.25, 0.3) is 0 Å². The molecule has 0 aliphatic carbocycles. The molecule has 0 radical (unpaired) electrons. The Morgan fingerprint density at radius 3 is 0.800 bits per heavy atom. The minimum absolute atomic E-state index is 0. The van der Waals surface area contributed by atoms with Gasteiger partial charge in [-0.1, -0.05) is 0 Å². The number of rotatable bonds is 0. The molecule has 0 fully saturated rings. The van der Waals surface area contributed by atoms with Crippen LogP contribution in [-0.4, -0.2) is 29.6 Å². The van der Waals surface area contributed by atoms with Crippen LogP contribution in [0.25, 0.3) is 0 Å². The van der Waals surface area contributed by atoms with Crippen molar-refractivity contribution in [1.82, 2.24) is 0 Å². The molecule has 0 amide bonds. The summed E-state index contributed by atoms with van der Waals surface area (Å²) >= 11 is 4.00. The van der Waals surface area contributed by atoms with Crippen molar-refractivity contribution in [2.24, 2.45) is 0 Å². The first-order valence-electron chi connectivity index (χ1n) is 0.289. The molecule has 0 aromatic heterocycles. The molecule has 0 atom stereocenters. The van der Waals surface area contributed by atoms with Crippen LogP contribution in [0, 0.1) is 0 Å². The molecule has 0 aromatic carbocycles. The minimum atomic E-state index is 0. The Kier molecular flexibility index (Phi) is 144. The van der Waals surface area contributed by atoms with Gasteiger partial charge in [0.05, 0.1) is 0 Å². The summed E-state index contributed by atoms with van der Waals surface area (Å²) < 4.78 is 16.0. The van der Waals surface area contributed by atoms with Gasteiger partial charge in [0.1, 0.15) is 0 Å². The molecule has 0 saturated heterocycles. The van der Waals surface area contributed by atoms with E-state index in [1.54, 1.807) is 0 Å². The molecule has 0 aromatic rings. The average molecular weight is 168 g/mol. The van der Waals surface area contributed by atoms with E-state index in [9.17, 15) is 0 Å². The molecule has 0 heterocycles. The third-order valence-electron chi connectivity index (χ3n) is 0. The van der Waals surface area contributed by atoms with Gasteiger partial charge < -0.3 is 0 Å². The van der Waals surface area contributed by atoms with Crippen molar-refractivity contribution in [3.05, 3.63) is 0 Å². The predicted molar refractivity (Wildman–Crippen MR) is 8.52 cm³/mol. The Morgan fingerprint density at radius 1 is 0.800 bits per heavy atom. The van der Waals surface area contributed by atoms with Gasteiger partial charge in [-0.15, -0.1) is 0 Å². The SMILES string of the molecule is [NaH].[O]=[Fe].[O]=[Fe]. The Hall–Kier alpha value is 1.64. The molecule has 5 heteroatoms. The van der Waals surface area contributed by atoms with Crippen LogP contribution in [0.1, 0.15) is 0 Å². The van der Waals surface area contributed by atoms with Crippen LogP contribution in [0.2, 0.25) is 0 Å². The van der Waals surface area contributed by atoms with E-state index in [0.717, 1.165) is 0 Å². The van der Waals surface area contributed by atoms with Crippen LogP contribution < -0.4 is 0 Å². The second kappa shape index (κ2) is 45.2. The summed E-state index contributed by atoms with van der Waals surface area (Å²) in [5, 5.41) is 0. The van der Waals surface area contributed by atoms with Crippen molar-refractivity contribution in [3.8, 4) is 0 Å². The summed E-state index contributed by atoms with van der Waals surface area (Å²) in [4.78, 5) is 0. The van der Waals surface area contributed by atoms with Crippen LogP contribution in [-0.2, 0) is 39.6 Å². The van der Waals surface area contributed by atoms with Gasteiger partial charge in [-0.2, -0.15) is 0 Å². The number of hydrogen-bond donors (Lipinski definition) is 0. The van der Waals surface area contributed by atoms with Gasteiger partial charge in [-0.3, -0.25) is 0 Å². The van der Waals surface area contributed by atoms with E-state index in [0.29, 0.717) is 0 Å². The van der Waals surface area contributed by atoms with Crippen LogP contribution in [0.15, 0.2) is 0 Å². The standard InChI is InChI=1S/2Fe.Na.2O.H. The summed E-state index contributed by atoms with van der Waals surface area (Å²) in [6, 6.07) is 0. The molecule has 2 nitrogen and oxygen atoms in total. The van der Waals surface area contributed by atoms with Gasteiger partial charge in [0.15, 0.2) is 0 Å². The molecule has 0 saturated carbocycles. The quantitative estimate of drug-likeness (QED) is 0.439. The van der Waals surface area contributed by atoms with E-state index in [1.807, 2.05) is 31.9 Å². The zero-order valence-electron chi connectivity index (χ0n) is 1.52. The molecule has 0 bridgehead atoms. The van der Waals surface area contributed by atoms with Crippen LogP contribution in [0.3, 0.4) is 0 Å². The van der Waals surface area contributed by atoms with E-state index in [1.165, 1.54) is 0 Å². The molecule has 30 valence electrons. The summed E-state index contributed by atoms with van der Waals surface area (Å²) in [5.41, 5.74) is 0. The fourth-order valence-corrected chi connectivity index (χ4v) is 0. The van der Waals surface area contributed by atoms with Crippen molar-refractivity contribution < 1.29 is 39.6 Å². The molecule has 0 unspecified atom stereocenters. The molecular weight excluding hydrogens is 167 g/mol. The summed E-state index contributed by atoms with van der Waals surface area (Å²) in [6.45, 7) is 0. The van der Waals surface area contributed by atoms with Crippen LogP contribution >= 0.6 is 0 Å². The van der Waals surface area contributed by atoms with Gasteiger partial charge >= 0.3 is 69.1 Å². The first-order valence-corrected chi connectivity index (χ1v) is 1.19.